The Morgan fingerprint density at radius 1 is 0.917 bits per heavy atom. The number of nitrogens with one attached hydrogen (secondary N) is 1. The van der Waals surface area contributed by atoms with Crippen molar-refractivity contribution in [3.63, 3.8) is 0 Å². The van der Waals surface area contributed by atoms with Crippen LogP contribution in [-0.4, -0.2) is 12.1 Å². The predicted octanol–water partition coefficient (Wildman–Crippen LogP) is 2.56. The lowest BCUT2D eigenvalue weighted by Gasteiger charge is -2.35. The highest BCUT2D eigenvalue weighted by molar-refractivity contribution is 4.90. The van der Waals surface area contributed by atoms with Crippen LogP contribution in [0, 0.1) is 11.8 Å². The van der Waals surface area contributed by atoms with Gasteiger partial charge < -0.3 is 5.32 Å². The van der Waals surface area contributed by atoms with Gasteiger partial charge >= 0.3 is 0 Å². The van der Waals surface area contributed by atoms with Crippen LogP contribution in [0.5, 0.6) is 0 Å². The van der Waals surface area contributed by atoms with Gasteiger partial charge in [0.05, 0.1) is 0 Å². The topological polar surface area (TPSA) is 12.0 Å². The van der Waals surface area contributed by atoms with E-state index >= 15 is 0 Å². The van der Waals surface area contributed by atoms with Crippen LogP contribution in [0.1, 0.15) is 46.0 Å². The van der Waals surface area contributed by atoms with Crippen LogP contribution in [0.4, 0.5) is 0 Å². The Kier molecular flexibility index (Phi) is 2.40. The maximum absolute atomic E-state index is 3.79. The maximum Gasteiger partial charge on any atom is 0.0121 e. The van der Waals surface area contributed by atoms with Gasteiger partial charge in [0.15, 0.2) is 0 Å². The van der Waals surface area contributed by atoms with Crippen LogP contribution in [-0.2, 0) is 0 Å². The molecule has 0 aromatic heterocycles. The van der Waals surface area contributed by atoms with E-state index in [4.69, 9.17) is 0 Å². The summed E-state index contributed by atoms with van der Waals surface area (Å²) < 4.78 is 0. The minimum atomic E-state index is 0.825. The SMILES string of the molecule is C[C@@H]1CCC[C@H](C)C1NC1CC1. The largest absolute Gasteiger partial charge is 0.311 e. The Morgan fingerprint density at radius 3 is 2.00 bits per heavy atom. The Labute approximate surface area is 75.9 Å². The van der Waals surface area contributed by atoms with E-state index in [-0.39, 0.29) is 0 Å². The van der Waals surface area contributed by atoms with Crippen molar-refractivity contribution in [2.45, 2.75) is 58.0 Å². The van der Waals surface area contributed by atoms with Gasteiger partial charge in [-0.2, -0.15) is 0 Å². The summed E-state index contributed by atoms with van der Waals surface area (Å²) in [5.74, 6) is 1.82. The molecule has 2 fully saturated rings. The smallest absolute Gasteiger partial charge is 0.0121 e. The first-order chi connectivity index (χ1) is 5.77. The second-order valence-corrected chi connectivity index (χ2v) is 4.85. The van der Waals surface area contributed by atoms with Gasteiger partial charge in [0.2, 0.25) is 0 Å². The molecule has 0 radical (unpaired) electrons. The highest BCUT2D eigenvalue weighted by Gasteiger charge is 2.32. The standard InChI is InChI=1S/C11H21N/c1-8-4-3-5-9(2)11(8)12-10-6-7-10/h8-12H,3-7H2,1-2H3/t8-,9+,11?. The normalized spacial score (nSPS) is 43.0. The Balaban J connectivity index is 1.88. The molecular weight excluding hydrogens is 146 g/mol. The molecule has 0 heterocycles. The summed E-state index contributed by atoms with van der Waals surface area (Å²) in [6.07, 6.45) is 7.18. The molecule has 70 valence electrons. The van der Waals surface area contributed by atoms with E-state index < -0.39 is 0 Å². The summed E-state index contributed by atoms with van der Waals surface area (Å²) >= 11 is 0. The molecule has 2 rings (SSSR count). The van der Waals surface area contributed by atoms with E-state index in [0.29, 0.717) is 0 Å². The summed E-state index contributed by atoms with van der Waals surface area (Å²) in [7, 11) is 0. The van der Waals surface area contributed by atoms with Crippen LogP contribution in [0.2, 0.25) is 0 Å². The van der Waals surface area contributed by atoms with Crippen molar-refractivity contribution >= 4 is 0 Å². The zero-order valence-corrected chi connectivity index (χ0v) is 8.34. The third kappa shape index (κ3) is 1.82. The molecule has 2 saturated carbocycles. The van der Waals surface area contributed by atoms with Crippen molar-refractivity contribution in [2.24, 2.45) is 11.8 Å². The number of rotatable bonds is 2. The third-order valence-electron chi connectivity index (χ3n) is 3.55. The molecule has 0 aromatic rings. The zero-order valence-electron chi connectivity index (χ0n) is 8.34. The van der Waals surface area contributed by atoms with Gasteiger partial charge in [0, 0.05) is 12.1 Å². The molecule has 1 N–H and O–H groups in total. The summed E-state index contributed by atoms with van der Waals surface area (Å²) in [6.45, 7) is 4.82. The van der Waals surface area contributed by atoms with Gasteiger partial charge in [-0.3, -0.25) is 0 Å². The van der Waals surface area contributed by atoms with E-state index in [1.54, 1.807) is 0 Å². The molecule has 2 aliphatic carbocycles. The predicted molar refractivity (Wildman–Crippen MR) is 52.1 cm³/mol. The van der Waals surface area contributed by atoms with Crippen LogP contribution in [0.15, 0.2) is 0 Å². The average Bonchev–Trinajstić information content (AvgIpc) is 2.80. The first-order valence-electron chi connectivity index (χ1n) is 5.53. The lowest BCUT2D eigenvalue weighted by Crippen LogP contribution is -2.43. The average molecular weight is 167 g/mol. The first kappa shape index (κ1) is 8.55. The molecule has 2 aliphatic rings. The first-order valence-corrected chi connectivity index (χ1v) is 5.53. The van der Waals surface area contributed by atoms with Gasteiger partial charge in [-0.25, -0.2) is 0 Å². The van der Waals surface area contributed by atoms with Crippen molar-refractivity contribution < 1.29 is 0 Å². The molecule has 1 unspecified atom stereocenters. The number of hydrogen-bond donors (Lipinski definition) is 1. The molecule has 0 saturated heterocycles. The molecule has 0 aromatic carbocycles. The highest BCUT2D eigenvalue weighted by atomic mass is 15.0. The lowest BCUT2D eigenvalue weighted by molar-refractivity contribution is 0.207. The van der Waals surface area contributed by atoms with Crippen molar-refractivity contribution in [2.75, 3.05) is 0 Å². The summed E-state index contributed by atoms with van der Waals surface area (Å²) in [4.78, 5) is 0. The van der Waals surface area contributed by atoms with E-state index in [0.717, 1.165) is 23.9 Å². The highest BCUT2D eigenvalue weighted by Crippen LogP contribution is 2.31. The third-order valence-corrected chi connectivity index (χ3v) is 3.55. The molecule has 3 atom stereocenters. The van der Waals surface area contributed by atoms with Gasteiger partial charge in [0.25, 0.3) is 0 Å². The van der Waals surface area contributed by atoms with Crippen molar-refractivity contribution in [3.8, 4) is 0 Å². The molecule has 0 bridgehead atoms. The second-order valence-electron chi connectivity index (χ2n) is 4.85. The molecule has 0 amide bonds. The van der Waals surface area contributed by atoms with Crippen LogP contribution < -0.4 is 5.32 Å². The van der Waals surface area contributed by atoms with E-state index in [1.807, 2.05) is 0 Å². The van der Waals surface area contributed by atoms with Gasteiger partial charge in [0.1, 0.15) is 0 Å². The van der Waals surface area contributed by atoms with E-state index in [1.165, 1.54) is 32.1 Å². The minimum absolute atomic E-state index is 0.825. The van der Waals surface area contributed by atoms with Crippen molar-refractivity contribution in [1.29, 1.82) is 0 Å². The fourth-order valence-electron chi connectivity index (χ4n) is 2.53. The minimum Gasteiger partial charge on any atom is -0.311 e. The Bertz CT molecular complexity index is 141. The molecule has 12 heavy (non-hydrogen) atoms. The molecule has 1 nitrogen and oxygen atoms in total. The Hall–Kier alpha value is -0.0400. The second kappa shape index (κ2) is 3.37. The summed E-state index contributed by atoms with van der Waals surface area (Å²) in [6, 6.07) is 1.71. The molecule has 0 aliphatic heterocycles. The van der Waals surface area contributed by atoms with E-state index in [2.05, 4.69) is 19.2 Å². The van der Waals surface area contributed by atoms with Crippen molar-refractivity contribution in [3.05, 3.63) is 0 Å². The quantitative estimate of drug-likeness (QED) is 0.666. The zero-order chi connectivity index (χ0) is 8.55. The van der Waals surface area contributed by atoms with E-state index in [9.17, 15) is 0 Å². The molecule has 1 heteroatoms. The van der Waals surface area contributed by atoms with Gasteiger partial charge in [-0.15, -0.1) is 0 Å². The molecular formula is C11H21N. The van der Waals surface area contributed by atoms with Crippen molar-refractivity contribution in [1.82, 2.24) is 5.32 Å². The van der Waals surface area contributed by atoms with Crippen LogP contribution >= 0.6 is 0 Å². The summed E-state index contributed by atoms with van der Waals surface area (Å²) in [5.41, 5.74) is 0. The van der Waals surface area contributed by atoms with Gasteiger partial charge in [-0.1, -0.05) is 20.3 Å². The summed E-state index contributed by atoms with van der Waals surface area (Å²) in [5, 5.41) is 3.79. The molecule has 0 spiro atoms. The number of hydrogen-bond acceptors (Lipinski definition) is 1. The Morgan fingerprint density at radius 2 is 1.50 bits per heavy atom. The maximum atomic E-state index is 3.79. The monoisotopic (exact) mass is 167 g/mol. The van der Waals surface area contributed by atoms with Crippen LogP contribution in [0.25, 0.3) is 0 Å². The van der Waals surface area contributed by atoms with Crippen LogP contribution in [0.3, 0.4) is 0 Å². The fraction of sp³-hybridized carbons (Fsp3) is 1.00. The fourth-order valence-corrected chi connectivity index (χ4v) is 2.53. The lowest BCUT2D eigenvalue weighted by atomic mass is 9.79. The van der Waals surface area contributed by atoms with Gasteiger partial charge in [-0.05, 0) is 37.5 Å².